The number of hydrogen-bond donors (Lipinski definition) is 2. The van der Waals surface area contributed by atoms with Crippen LogP contribution in [0, 0.1) is 5.92 Å². The van der Waals surface area contributed by atoms with Crippen molar-refractivity contribution in [3.05, 3.63) is 18.2 Å². The number of halogens is 1. The van der Waals surface area contributed by atoms with Gasteiger partial charge in [0.05, 0.1) is 26.9 Å². The summed E-state index contributed by atoms with van der Waals surface area (Å²) in [6.07, 6.45) is 0.159. The van der Waals surface area contributed by atoms with E-state index < -0.39 is 0 Å². The third-order valence-electron chi connectivity index (χ3n) is 4.21. The van der Waals surface area contributed by atoms with Gasteiger partial charge in [0, 0.05) is 45.0 Å². The molecule has 0 aliphatic carbocycles. The Morgan fingerprint density at radius 1 is 1.30 bits per heavy atom. The van der Waals surface area contributed by atoms with Gasteiger partial charge in [-0.05, 0) is 18.1 Å². The summed E-state index contributed by atoms with van der Waals surface area (Å²) in [7, 11) is 5.00. The molecule has 0 amide bonds. The molecule has 1 saturated heterocycles. The minimum atomic E-state index is 0. The first-order valence-electron chi connectivity index (χ1n) is 9.09. The van der Waals surface area contributed by atoms with Gasteiger partial charge in [-0.2, -0.15) is 0 Å². The van der Waals surface area contributed by atoms with Gasteiger partial charge < -0.3 is 24.8 Å². The Morgan fingerprint density at radius 3 is 2.67 bits per heavy atom. The highest BCUT2D eigenvalue weighted by Crippen LogP contribution is 2.29. The molecule has 1 heterocycles. The normalized spacial score (nSPS) is 18.0. The molecule has 154 valence electrons. The number of ether oxygens (including phenoxy) is 3. The summed E-state index contributed by atoms with van der Waals surface area (Å²) < 4.78 is 16.5. The van der Waals surface area contributed by atoms with Crippen LogP contribution in [-0.4, -0.2) is 71.0 Å². The number of guanidine groups is 1. The van der Waals surface area contributed by atoms with Crippen LogP contribution in [0.25, 0.3) is 0 Å². The van der Waals surface area contributed by atoms with Crippen molar-refractivity contribution in [3.63, 3.8) is 0 Å². The van der Waals surface area contributed by atoms with Gasteiger partial charge >= 0.3 is 0 Å². The summed E-state index contributed by atoms with van der Waals surface area (Å²) in [5.41, 5.74) is 0.877. The Labute approximate surface area is 179 Å². The van der Waals surface area contributed by atoms with E-state index in [1.54, 1.807) is 21.3 Å². The Kier molecular flexibility index (Phi) is 10.8. The third kappa shape index (κ3) is 7.71. The number of anilines is 1. The number of nitrogens with zero attached hydrogens (tertiary/aromatic N) is 2. The van der Waals surface area contributed by atoms with Crippen LogP contribution >= 0.6 is 24.0 Å². The van der Waals surface area contributed by atoms with E-state index in [2.05, 4.69) is 34.4 Å². The summed E-state index contributed by atoms with van der Waals surface area (Å²) in [5.74, 6) is 2.73. The molecule has 8 heteroatoms. The molecule has 1 aromatic rings. The fraction of sp³-hybridized carbons (Fsp3) is 0.632. The van der Waals surface area contributed by atoms with Crippen LogP contribution in [-0.2, 0) is 4.74 Å². The summed E-state index contributed by atoms with van der Waals surface area (Å²) in [4.78, 5) is 6.75. The molecule has 0 spiro atoms. The van der Waals surface area contributed by atoms with E-state index in [-0.39, 0.29) is 30.1 Å². The largest absolute Gasteiger partial charge is 0.493 e. The summed E-state index contributed by atoms with van der Waals surface area (Å²) >= 11 is 0. The van der Waals surface area contributed by atoms with Crippen LogP contribution in [0.1, 0.15) is 13.8 Å². The Hall–Kier alpha value is -1.26. The van der Waals surface area contributed by atoms with Crippen LogP contribution < -0.4 is 20.1 Å². The van der Waals surface area contributed by atoms with Gasteiger partial charge in [-0.25, -0.2) is 0 Å². The van der Waals surface area contributed by atoms with Gasteiger partial charge in [-0.3, -0.25) is 9.89 Å². The summed E-state index contributed by atoms with van der Waals surface area (Å²) in [6.45, 7) is 9.04. The van der Waals surface area contributed by atoms with Crippen LogP contribution in [0.5, 0.6) is 11.5 Å². The van der Waals surface area contributed by atoms with Crippen molar-refractivity contribution in [1.29, 1.82) is 0 Å². The molecule has 1 aliphatic heterocycles. The van der Waals surface area contributed by atoms with Crippen molar-refractivity contribution in [3.8, 4) is 11.5 Å². The van der Waals surface area contributed by atoms with Crippen molar-refractivity contribution in [1.82, 2.24) is 10.2 Å². The Morgan fingerprint density at radius 2 is 2.04 bits per heavy atom. The van der Waals surface area contributed by atoms with Crippen LogP contribution in [0.4, 0.5) is 5.69 Å². The maximum absolute atomic E-state index is 5.88. The fourth-order valence-electron chi connectivity index (χ4n) is 3.03. The van der Waals surface area contributed by atoms with E-state index in [1.165, 1.54) is 0 Å². The Bertz CT molecular complexity index is 598. The van der Waals surface area contributed by atoms with Crippen LogP contribution in [0.15, 0.2) is 23.2 Å². The number of benzene rings is 1. The first-order valence-corrected chi connectivity index (χ1v) is 9.09. The molecule has 0 radical (unpaired) electrons. The third-order valence-corrected chi connectivity index (χ3v) is 4.21. The lowest BCUT2D eigenvalue weighted by Gasteiger charge is -2.34. The number of methoxy groups -OCH3 is 2. The van der Waals surface area contributed by atoms with Gasteiger partial charge in [0.1, 0.15) is 0 Å². The van der Waals surface area contributed by atoms with E-state index in [1.807, 2.05) is 18.2 Å². The second-order valence-electron chi connectivity index (χ2n) is 6.79. The minimum Gasteiger partial charge on any atom is -0.493 e. The molecule has 7 nitrogen and oxygen atoms in total. The predicted molar refractivity (Wildman–Crippen MR) is 121 cm³/mol. The highest BCUT2D eigenvalue weighted by atomic mass is 127. The lowest BCUT2D eigenvalue weighted by Crippen LogP contribution is -2.49. The topological polar surface area (TPSA) is 67.4 Å². The predicted octanol–water partition coefficient (Wildman–Crippen LogP) is 2.67. The number of rotatable bonds is 7. The molecule has 0 bridgehead atoms. The summed E-state index contributed by atoms with van der Waals surface area (Å²) in [6, 6.07) is 5.67. The van der Waals surface area contributed by atoms with Crippen molar-refractivity contribution < 1.29 is 14.2 Å². The molecule has 1 aliphatic rings. The van der Waals surface area contributed by atoms with Gasteiger partial charge in [-0.15, -0.1) is 24.0 Å². The van der Waals surface area contributed by atoms with E-state index in [4.69, 9.17) is 14.2 Å². The maximum atomic E-state index is 5.88. The highest BCUT2D eigenvalue weighted by Gasteiger charge is 2.21. The fourth-order valence-corrected chi connectivity index (χ4v) is 3.03. The number of hydrogen-bond acceptors (Lipinski definition) is 5. The van der Waals surface area contributed by atoms with Gasteiger partial charge in [0.15, 0.2) is 17.5 Å². The molecule has 1 aromatic carbocycles. The molecule has 0 aromatic heterocycles. The lowest BCUT2D eigenvalue weighted by molar-refractivity contribution is -0.0283. The monoisotopic (exact) mass is 492 g/mol. The molecule has 27 heavy (non-hydrogen) atoms. The molecule has 1 fully saturated rings. The van der Waals surface area contributed by atoms with Gasteiger partial charge in [-0.1, -0.05) is 13.8 Å². The van der Waals surface area contributed by atoms with Crippen molar-refractivity contribution in [2.24, 2.45) is 10.9 Å². The molecular weight excluding hydrogens is 459 g/mol. The van der Waals surface area contributed by atoms with Crippen molar-refractivity contribution in [2.75, 3.05) is 59.4 Å². The zero-order valence-corrected chi connectivity index (χ0v) is 19.3. The number of morpholine rings is 1. The molecule has 2 N–H and O–H groups in total. The first kappa shape index (κ1) is 23.8. The summed E-state index contributed by atoms with van der Waals surface area (Å²) in [5, 5.41) is 6.61. The zero-order valence-electron chi connectivity index (χ0n) is 16.9. The number of nitrogens with one attached hydrogen (secondary N) is 2. The smallest absolute Gasteiger partial charge is 0.195 e. The van der Waals surface area contributed by atoms with E-state index >= 15 is 0 Å². The maximum Gasteiger partial charge on any atom is 0.195 e. The number of aliphatic imine (C=N–C) groups is 1. The van der Waals surface area contributed by atoms with Crippen molar-refractivity contribution in [2.45, 2.75) is 20.0 Å². The first-order chi connectivity index (χ1) is 12.5. The molecule has 2 rings (SSSR count). The second-order valence-corrected chi connectivity index (χ2v) is 6.79. The van der Waals surface area contributed by atoms with E-state index in [0.717, 1.165) is 31.9 Å². The lowest BCUT2D eigenvalue weighted by atomic mass is 10.2. The molecular formula is C19H33IN4O3. The zero-order chi connectivity index (χ0) is 18.9. The second kappa shape index (κ2) is 12.2. The highest BCUT2D eigenvalue weighted by molar-refractivity contribution is 14.0. The van der Waals surface area contributed by atoms with E-state index in [9.17, 15) is 0 Å². The molecule has 0 saturated carbocycles. The average molecular weight is 492 g/mol. The van der Waals surface area contributed by atoms with Crippen LogP contribution in [0.3, 0.4) is 0 Å². The molecule has 1 atom stereocenters. The van der Waals surface area contributed by atoms with E-state index in [0.29, 0.717) is 29.9 Å². The van der Waals surface area contributed by atoms with Gasteiger partial charge in [0.25, 0.3) is 0 Å². The standard InChI is InChI=1S/C19H32N4O3.HI/c1-14(2)12-23-8-9-26-16(13-23)11-21-19(20-3)22-15-6-7-17(24-4)18(10-15)25-5;/h6-7,10,14,16H,8-9,11-13H2,1-5H3,(H2,20,21,22);1H. The quantitative estimate of drug-likeness (QED) is 0.347. The van der Waals surface area contributed by atoms with Crippen LogP contribution in [0.2, 0.25) is 0 Å². The average Bonchev–Trinajstić information content (AvgIpc) is 2.64. The SMILES string of the molecule is CN=C(NCC1CN(CC(C)C)CCO1)Nc1ccc(OC)c(OC)c1.I. The minimum absolute atomic E-state index is 0. The Balaban J connectivity index is 0.00000364. The molecule has 1 unspecified atom stereocenters. The van der Waals surface area contributed by atoms with Gasteiger partial charge in [0.2, 0.25) is 0 Å². The van der Waals surface area contributed by atoms with Crippen molar-refractivity contribution >= 4 is 35.6 Å².